The summed E-state index contributed by atoms with van der Waals surface area (Å²) in [6.07, 6.45) is 4.59. The molecule has 0 bridgehead atoms. The van der Waals surface area contributed by atoms with E-state index in [1.807, 2.05) is 0 Å². The van der Waals surface area contributed by atoms with Crippen LogP contribution in [0.1, 0.15) is 39.5 Å². The molecule has 0 aliphatic carbocycles. The minimum Gasteiger partial charge on any atom is -0.396 e. The lowest BCUT2D eigenvalue weighted by atomic mass is 10.2. The van der Waals surface area contributed by atoms with Crippen molar-refractivity contribution in [2.75, 3.05) is 13.2 Å². The second-order valence-corrected chi connectivity index (χ2v) is 3.25. The molecular formula is C9H21NO. The van der Waals surface area contributed by atoms with Crippen LogP contribution in [0, 0.1) is 0 Å². The van der Waals surface area contributed by atoms with Crippen molar-refractivity contribution in [1.29, 1.82) is 0 Å². The molecule has 11 heavy (non-hydrogen) atoms. The zero-order chi connectivity index (χ0) is 8.53. The van der Waals surface area contributed by atoms with Crippen molar-refractivity contribution >= 4 is 0 Å². The fourth-order valence-electron chi connectivity index (χ4n) is 0.981. The first-order valence-electron chi connectivity index (χ1n) is 4.61. The lowest BCUT2D eigenvalue weighted by molar-refractivity contribution is 0.282. The van der Waals surface area contributed by atoms with Crippen molar-refractivity contribution in [2.45, 2.75) is 45.6 Å². The Balaban J connectivity index is 2.80. The van der Waals surface area contributed by atoms with Gasteiger partial charge in [-0.3, -0.25) is 0 Å². The zero-order valence-corrected chi connectivity index (χ0v) is 7.77. The van der Waals surface area contributed by atoms with Gasteiger partial charge in [-0.25, -0.2) is 0 Å². The van der Waals surface area contributed by atoms with E-state index in [1.54, 1.807) is 0 Å². The Hall–Kier alpha value is -0.0800. The highest BCUT2D eigenvalue weighted by Crippen LogP contribution is 1.97. The summed E-state index contributed by atoms with van der Waals surface area (Å²) in [6.45, 7) is 5.78. The maximum absolute atomic E-state index is 8.50. The van der Waals surface area contributed by atoms with E-state index < -0.39 is 0 Å². The van der Waals surface area contributed by atoms with E-state index in [-0.39, 0.29) is 0 Å². The Morgan fingerprint density at radius 2 is 1.73 bits per heavy atom. The molecule has 0 aromatic rings. The van der Waals surface area contributed by atoms with Crippen LogP contribution in [0.25, 0.3) is 0 Å². The maximum Gasteiger partial charge on any atom is 0.0431 e. The summed E-state index contributed by atoms with van der Waals surface area (Å²) in [5.41, 5.74) is 0. The molecular weight excluding hydrogens is 138 g/mol. The molecule has 0 radical (unpaired) electrons. The number of aliphatic hydroxyl groups is 1. The van der Waals surface area contributed by atoms with Crippen LogP contribution in [0.2, 0.25) is 0 Å². The van der Waals surface area contributed by atoms with Gasteiger partial charge < -0.3 is 10.4 Å². The molecule has 0 amide bonds. The summed E-state index contributed by atoms with van der Waals surface area (Å²) in [6, 6.07) is 0.604. The van der Waals surface area contributed by atoms with Crippen LogP contribution < -0.4 is 5.32 Å². The first-order chi connectivity index (χ1) is 5.27. The van der Waals surface area contributed by atoms with Gasteiger partial charge in [-0.2, -0.15) is 0 Å². The van der Waals surface area contributed by atoms with E-state index in [2.05, 4.69) is 19.2 Å². The first kappa shape index (κ1) is 10.9. The number of hydrogen-bond acceptors (Lipinski definition) is 2. The lowest BCUT2D eigenvalue weighted by Crippen LogP contribution is -2.23. The normalized spacial score (nSPS) is 10.9. The predicted molar refractivity (Wildman–Crippen MR) is 48.7 cm³/mol. The van der Waals surface area contributed by atoms with E-state index in [1.165, 1.54) is 12.8 Å². The van der Waals surface area contributed by atoms with Gasteiger partial charge in [0, 0.05) is 12.6 Å². The smallest absolute Gasteiger partial charge is 0.0431 e. The third-order valence-electron chi connectivity index (χ3n) is 1.64. The van der Waals surface area contributed by atoms with Crippen LogP contribution >= 0.6 is 0 Å². The standard InChI is InChI=1S/C9H21NO/c1-9(2)10-7-5-3-4-6-8-11/h9-11H,3-8H2,1-2H3. The highest BCUT2D eigenvalue weighted by molar-refractivity contribution is 4.52. The first-order valence-corrected chi connectivity index (χ1v) is 4.61. The minimum atomic E-state index is 0.345. The zero-order valence-electron chi connectivity index (χ0n) is 7.77. The fourth-order valence-corrected chi connectivity index (χ4v) is 0.981. The summed E-state index contributed by atoms with van der Waals surface area (Å²) >= 11 is 0. The van der Waals surface area contributed by atoms with Crippen LogP contribution in [-0.4, -0.2) is 24.3 Å². The predicted octanol–water partition coefficient (Wildman–Crippen LogP) is 1.54. The Morgan fingerprint density at radius 1 is 1.09 bits per heavy atom. The van der Waals surface area contributed by atoms with Crippen molar-refractivity contribution in [2.24, 2.45) is 0 Å². The van der Waals surface area contributed by atoms with Gasteiger partial charge in [-0.05, 0) is 19.4 Å². The highest BCUT2D eigenvalue weighted by atomic mass is 16.2. The Kier molecular flexibility index (Phi) is 7.96. The lowest BCUT2D eigenvalue weighted by Gasteiger charge is -2.06. The molecule has 2 nitrogen and oxygen atoms in total. The number of unbranched alkanes of at least 4 members (excludes halogenated alkanes) is 3. The summed E-state index contributed by atoms with van der Waals surface area (Å²) in [5, 5.41) is 11.9. The van der Waals surface area contributed by atoms with Gasteiger partial charge >= 0.3 is 0 Å². The summed E-state index contributed by atoms with van der Waals surface area (Å²) in [7, 11) is 0. The van der Waals surface area contributed by atoms with Crippen molar-refractivity contribution in [3.05, 3.63) is 0 Å². The monoisotopic (exact) mass is 159 g/mol. The summed E-state index contributed by atoms with van der Waals surface area (Å²) in [4.78, 5) is 0. The van der Waals surface area contributed by atoms with Gasteiger partial charge in [0.15, 0.2) is 0 Å². The van der Waals surface area contributed by atoms with Gasteiger partial charge in [0.1, 0.15) is 0 Å². The van der Waals surface area contributed by atoms with Crippen molar-refractivity contribution < 1.29 is 5.11 Å². The van der Waals surface area contributed by atoms with E-state index >= 15 is 0 Å². The maximum atomic E-state index is 8.50. The largest absolute Gasteiger partial charge is 0.396 e. The quantitative estimate of drug-likeness (QED) is 0.552. The third-order valence-corrected chi connectivity index (χ3v) is 1.64. The molecule has 2 heteroatoms. The molecule has 0 unspecified atom stereocenters. The number of hydrogen-bond donors (Lipinski definition) is 2. The van der Waals surface area contributed by atoms with Crippen LogP contribution in [0.4, 0.5) is 0 Å². The number of rotatable bonds is 7. The molecule has 0 saturated heterocycles. The van der Waals surface area contributed by atoms with E-state index in [0.717, 1.165) is 19.4 Å². The Labute approximate surface area is 70.0 Å². The molecule has 0 atom stereocenters. The van der Waals surface area contributed by atoms with Gasteiger partial charge in [-0.1, -0.05) is 26.7 Å². The molecule has 2 N–H and O–H groups in total. The molecule has 0 rings (SSSR count). The molecule has 0 fully saturated rings. The molecule has 0 aliphatic heterocycles. The Morgan fingerprint density at radius 3 is 2.27 bits per heavy atom. The average molecular weight is 159 g/mol. The Bertz CT molecular complexity index is 74.0. The van der Waals surface area contributed by atoms with E-state index in [4.69, 9.17) is 5.11 Å². The average Bonchev–Trinajstić information content (AvgIpc) is 1.96. The van der Waals surface area contributed by atoms with Gasteiger partial charge in [0.05, 0.1) is 0 Å². The van der Waals surface area contributed by atoms with Gasteiger partial charge in [-0.15, -0.1) is 0 Å². The highest BCUT2D eigenvalue weighted by Gasteiger charge is 1.91. The van der Waals surface area contributed by atoms with Crippen LogP contribution in [-0.2, 0) is 0 Å². The van der Waals surface area contributed by atoms with Crippen LogP contribution in [0.5, 0.6) is 0 Å². The molecule has 0 heterocycles. The molecule has 68 valence electrons. The van der Waals surface area contributed by atoms with Crippen LogP contribution in [0.3, 0.4) is 0 Å². The van der Waals surface area contributed by atoms with E-state index in [9.17, 15) is 0 Å². The second kappa shape index (κ2) is 8.02. The molecule has 0 aliphatic rings. The van der Waals surface area contributed by atoms with Crippen molar-refractivity contribution in [3.63, 3.8) is 0 Å². The summed E-state index contributed by atoms with van der Waals surface area (Å²) in [5.74, 6) is 0. The van der Waals surface area contributed by atoms with Gasteiger partial charge in [0.2, 0.25) is 0 Å². The van der Waals surface area contributed by atoms with Crippen LogP contribution in [0.15, 0.2) is 0 Å². The molecule has 0 spiro atoms. The molecule has 0 saturated carbocycles. The third kappa shape index (κ3) is 9.92. The van der Waals surface area contributed by atoms with E-state index in [0.29, 0.717) is 12.6 Å². The summed E-state index contributed by atoms with van der Waals surface area (Å²) < 4.78 is 0. The van der Waals surface area contributed by atoms with Gasteiger partial charge in [0.25, 0.3) is 0 Å². The molecule has 0 aromatic heterocycles. The molecule has 0 aromatic carbocycles. The topological polar surface area (TPSA) is 32.3 Å². The fraction of sp³-hybridized carbons (Fsp3) is 1.00. The number of aliphatic hydroxyl groups excluding tert-OH is 1. The number of nitrogens with one attached hydrogen (secondary N) is 1. The van der Waals surface area contributed by atoms with Crippen molar-refractivity contribution in [1.82, 2.24) is 5.32 Å². The SMILES string of the molecule is CC(C)NCCCCCCO. The minimum absolute atomic E-state index is 0.345. The second-order valence-electron chi connectivity index (χ2n) is 3.25. The van der Waals surface area contributed by atoms with Crippen molar-refractivity contribution in [3.8, 4) is 0 Å².